The number of fused-ring (bicyclic) bond motifs is 18. The number of hydrogen-bond acceptors (Lipinski definition) is 9. The summed E-state index contributed by atoms with van der Waals surface area (Å²) in [5.74, 6) is 0.267. The van der Waals surface area contributed by atoms with Crippen LogP contribution in [-0.4, -0.2) is 81.1 Å². The van der Waals surface area contributed by atoms with E-state index >= 15 is 0 Å². The highest BCUT2D eigenvalue weighted by Crippen LogP contribution is 2.34. The lowest BCUT2D eigenvalue weighted by Crippen LogP contribution is -2.53. The van der Waals surface area contributed by atoms with Crippen molar-refractivity contribution in [3.63, 3.8) is 0 Å². The van der Waals surface area contributed by atoms with Crippen LogP contribution in [0, 0.1) is 0 Å². The number of hydrogen-bond donors (Lipinski definition) is 6. The summed E-state index contributed by atoms with van der Waals surface area (Å²) < 4.78 is 17.1. The second kappa shape index (κ2) is 20.7. The van der Waals surface area contributed by atoms with Gasteiger partial charge in [0.05, 0.1) is 20.8 Å². The van der Waals surface area contributed by atoms with E-state index in [0.29, 0.717) is 72.9 Å². The molecule has 0 fully saturated rings. The Labute approximate surface area is 291 Å². The first-order valence-corrected chi connectivity index (χ1v) is 16.2. The zero-order valence-electron chi connectivity index (χ0n) is 28.5. The maximum absolute atomic E-state index is 13.3. The third-order valence-electron chi connectivity index (χ3n) is 7.68. The number of carbonyl (C=O) groups excluding carboxylic acids is 4. The van der Waals surface area contributed by atoms with Crippen LogP contribution in [0.1, 0.15) is 47.7 Å². The standard InChI is InChI=1S/C35H43N5O7.CH2O2/c1-23-33(42)38-21-26-12-14-27(20-30(26)46-3)47-31-19-25(13-16-29(31)45-2)34(43)37-18-8-7-17-36-22-32(41)40-28(35(44)39-23)15-11-24-9-5-4-6-10-24;2-1-3/h4-6,9-10,12-14,16,19-20,23,28,36H,7-8,11,15,17-18,21-22H2,1-3H3,(H,37,43)(H,38,42)(H,39,44)(H,40,41);1H,(H,2,3)/t23-,28-;/m0./s1. The number of methoxy groups -OCH3 is 2. The lowest BCUT2D eigenvalue weighted by molar-refractivity contribution is -0.131. The van der Waals surface area contributed by atoms with Crippen LogP contribution in [0.3, 0.4) is 0 Å². The van der Waals surface area contributed by atoms with Crippen LogP contribution in [-0.2, 0) is 32.1 Å². The van der Waals surface area contributed by atoms with Gasteiger partial charge in [-0.15, -0.1) is 0 Å². The molecule has 0 aromatic heterocycles. The minimum Gasteiger partial charge on any atom is -0.496 e. The Hall–Kier alpha value is -5.63. The van der Waals surface area contributed by atoms with Crippen molar-refractivity contribution in [3.05, 3.63) is 83.4 Å². The molecule has 3 aromatic carbocycles. The van der Waals surface area contributed by atoms with E-state index in [1.807, 2.05) is 30.3 Å². The first-order chi connectivity index (χ1) is 24.2. The molecule has 0 radical (unpaired) electrons. The largest absolute Gasteiger partial charge is 0.496 e. The van der Waals surface area contributed by atoms with E-state index in [4.69, 9.17) is 24.1 Å². The van der Waals surface area contributed by atoms with E-state index < -0.39 is 23.9 Å². The number of amides is 4. The van der Waals surface area contributed by atoms with Gasteiger partial charge < -0.3 is 45.9 Å². The van der Waals surface area contributed by atoms with Gasteiger partial charge in [-0.3, -0.25) is 24.0 Å². The molecule has 0 spiro atoms. The molecule has 2 atom stereocenters. The fourth-order valence-corrected chi connectivity index (χ4v) is 5.02. The summed E-state index contributed by atoms with van der Waals surface area (Å²) in [6.45, 7) is 2.48. The number of ether oxygens (including phenoxy) is 3. The molecule has 14 nitrogen and oxygen atoms in total. The number of aryl methyl sites for hydroxylation is 1. The molecule has 50 heavy (non-hydrogen) atoms. The van der Waals surface area contributed by atoms with E-state index in [0.717, 1.165) is 5.56 Å². The van der Waals surface area contributed by atoms with Crippen LogP contribution in [0.2, 0.25) is 0 Å². The van der Waals surface area contributed by atoms with Crippen molar-refractivity contribution in [2.75, 3.05) is 33.9 Å². The number of carboxylic acid groups (broad SMARTS) is 1. The molecule has 2 aliphatic heterocycles. The van der Waals surface area contributed by atoms with Crippen LogP contribution >= 0.6 is 0 Å². The molecule has 4 amide bonds. The molecule has 5 rings (SSSR count). The molecule has 0 saturated heterocycles. The average molecular weight is 692 g/mol. The summed E-state index contributed by atoms with van der Waals surface area (Å²) in [6, 6.07) is 18.1. The SMILES string of the molecule is COc1cc2ccc1CNC(=O)[C@H](C)NC(=O)[C@H](CCc1ccccc1)NC(=O)CNCCCCNC(=O)c1ccc(OC)c(c1)O2.O=CO. The summed E-state index contributed by atoms with van der Waals surface area (Å²) in [6.07, 6.45) is 2.33. The minimum atomic E-state index is -0.865. The molecule has 0 unspecified atom stereocenters. The van der Waals surface area contributed by atoms with Crippen molar-refractivity contribution < 1.29 is 43.3 Å². The van der Waals surface area contributed by atoms with Gasteiger partial charge in [-0.25, -0.2) is 0 Å². The Balaban J connectivity index is 0.00000217. The predicted octanol–water partition coefficient (Wildman–Crippen LogP) is 2.55. The predicted molar refractivity (Wildman–Crippen MR) is 185 cm³/mol. The topological polar surface area (TPSA) is 193 Å². The van der Waals surface area contributed by atoms with Gasteiger partial charge in [-0.05, 0) is 75.0 Å². The van der Waals surface area contributed by atoms with Crippen molar-refractivity contribution in [2.45, 2.75) is 51.2 Å². The fourth-order valence-electron chi connectivity index (χ4n) is 5.02. The van der Waals surface area contributed by atoms with Crippen LogP contribution in [0.4, 0.5) is 0 Å². The van der Waals surface area contributed by atoms with Gasteiger partial charge in [0.2, 0.25) is 17.7 Å². The zero-order chi connectivity index (χ0) is 36.3. The number of rotatable bonds is 5. The molecule has 6 N–H and O–H groups in total. The van der Waals surface area contributed by atoms with Crippen molar-refractivity contribution in [3.8, 4) is 23.0 Å². The number of benzene rings is 3. The van der Waals surface area contributed by atoms with Gasteiger partial charge in [0, 0.05) is 30.3 Å². The summed E-state index contributed by atoms with van der Waals surface area (Å²) >= 11 is 0. The molecular formula is C36H45N5O9. The van der Waals surface area contributed by atoms with Crippen LogP contribution in [0.5, 0.6) is 23.0 Å². The molecule has 3 aromatic rings. The smallest absolute Gasteiger partial charge is 0.290 e. The number of nitrogens with one attached hydrogen (secondary N) is 5. The maximum atomic E-state index is 13.3. The maximum Gasteiger partial charge on any atom is 0.290 e. The Bertz CT molecular complexity index is 1590. The Morgan fingerprint density at radius 2 is 1.56 bits per heavy atom. The summed E-state index contributed by atoms with van der Waals surface area (Å²) in [7, 11) is 3.02. The second-order valence-electron chi connectivity index (χ2n) is 11.3. The van der Waals surface area contributed by atoms with Gasteiger partial charge >= 0.3 is 0 Å². The molecule has 0 saturated carbocycles. The molecular weight excluding hydrogens is 646 g/mol. The normalized spacial score (nSPS) is 17.8. The third kappa shape index (κ3) is 12.4. The van der Waals surface area contributed by atoms with Crippen molar-refractivity contribution in [2.24, 2.45) is 0 Å². The third-order valence-corrected chi connectivity index (χ3v) is 7.68. The Kier molecular flexibility index (Phi) is 16.0. The molecule has 2 aliphatic rings. The highest BCUT2D eigenvalue weighted by atomic mass is 16.5. The first-order valence-electron chi connectivity index (χ1n) is 16.2. The van der Waals surface area contributed by atoms with Crippen LogP contribution in [0.15, 0.2) is 66.7 Å². The lowest BCUT2D eigenvalue weighted by atomic mass is 10.0. The second-order valence-corrected chi connectivity index (χ2v) is 11.3. The molecule has 14 heteroatoms. The van der Waals surface area contributed by atoms with Gasteiger partial charge in [-0.1, -0.05) is 30.3 Å². The van der Waals surface area contributed by atoms with E-state index in [-0.39, 0.29) is 31.4 Å². The van der Waals surface area contributed by atoms with Gasteiger partial charge in [0.1, 0.15) is 23.6 Å². The highest BCUT2D eigenvalue weighted by Gasteiger charge is 2.25. The molecule has 0 aliphatic carbocycles. The highest BCUT2D eigenvalue weighted by molar-refractivity contribution is 5.95. The fraction of sp³-hybridized carbons (Fsp3) is 0.361. The number of carbonyl (C=O) groups is 5. The minimum absolute atomic E-state index is 0.0205. The molecule has 4 bridgehead atoms. The average Bonchev–Trinajstić information content (AvgIpc) is 3.12. The zero-order valence-corrected chi connectivity index (χ0v) is 28.5. The first kappa shape index (κ1) is 38.8. The van der Waals surface area contributed by atoms with E-state index in [9.17, 15) is 19.2 Å². The summed E-state index contributed by atoms with van der Waals surface area (Å²) in [4.78, 5) is 60.3. The Morgan fingerprint density at radius 1 is 0.840 bits per heavy atom. The Morgan fingerprint density at radius 3 is 2.28 bits per heavy atom. The molecule has 2 heterocycles. The van der Waals surface area contributed by atoms with Crippen molar-refractivity contribution in [1.82, 2.24) is 26.6 Å². The van der Waals surface area contributed by atoms with Gasteiger partial charge in [-0.2, -0.15) is 0 Å². The quantitative estimate of drug-likeness (QED) is 0.171. The summed E-state index contributed by atoms with van der Waals surface area (Å²) in [5, 5.41) is 21.3. The monoisotopic (exact) mass is 691 g/mol. The summed E-state index contributed by atoms with van der Waals surface area (Å²) in [5.41, 5.74) is 2.12. The van der Waals surface area contributed by atoms with E-state index in [2.05, 4.69) is 26.6 Å². The van der Waals surface area contributed by atoms with E-state index in [1.165, 1.54) is 14.2 Å². The van der Waals surface area contributed by atoms with Crippen molar-refractivity contribution in [1.29, 1.82) is 0 Å². The molecule has 268 valence electrons. The van der Waals surface area contributed by atoms with Crippen LogP contribution < -0.4 is 40.8 Å². The lowest BCUT2D eigenvalue weighted by Gasteiger charge is -2.22. The van der Waals surface area contributed by atoms with E-state index in [1.54, 1.807) is 43.3 Å². The van der Waals surface area contributed by atoms with Gasteiger partial charge in [0.15, 0.2) is 11.5 Å². The van der Waals surface area contributed by atoms with Gasteiger partial charge in [0.25, 0.3) is 12.4 Å². The van der Waals surface area contributed by atoms with Crippen molar-refractivity contribution >= 4 is 30.1 Å². The van der Waals surface area contributed by atoms with Crippen LogP contribution in [0.25, 0.3) is 0 Å².